The Morgan fingerprint density at radius 3 is 2.78 bits per heavy atom. The number of aliphatic imine (C=N–C) groups is 1. The Bertz CT molecular complexity index is 881. The zero-order chi connectivity index (χ0) is 22.5. The van der Waals surface area contributed by atoms with E-state index in [1.54, 1.807) is 0 Å². The molecule has 3 heterocycles. The largest absolute Gasteiger partial charge is 0.373 e. The van der Waals surface area contributed by atoms with Gasteiger partial charge in [0.2, 0.25) is 0 Å². The molecule has 8 nitrogen and oxygen atoms in total. The smallest absolute Gasteiger partial charge is 0.194 e. The van der Waals surface area contributed by atoms with Crippen molar-refractivity contribution in [2.75, 3.05) is 53.4 Å². The maximum Gasteiger partial charge on any atom is 0.194 e. The number of ether oxygens (including phenoxy) is 1. The van der Waals surface area contributed by atoms with Gasteiger partial charge in [0.1, 0.15) is 0 Å². The van der Waals surface area contributed by atoms with Crippen molar-refractivity contribution >= 4 is 5.96 Å². The molecule has 1 aromatic heterocycles. The first-order valence-corrected chi connectivity index (χ1v) is 11.6. The monoisotopic (exact) mass is 439 g/mol. The van der Waals surface area contributed by atoms with Gasteiger partial charge in [0.15, 0.2) is 5.96 Å². The van der Waals surface area contributed by atoms with Crippen LogP contribution in [0.15, 0.2) is 47.7 Å². The fraction of sp³-hybridized carbons (Fsp3) is 0.583. The number of hydrogen-bond acceptors (Lipinski definition) is 5. The molecule has 4 rings (SSSR count). The van der Waals surface area contributed by atoms with Crippen molar-refractivity contribution in [2.45, 2.75) is 31.7 Å². The van der Waals surface area contributed by atoms with E-state index in [1.807, 2.05) is 17.9 Å². The number of likely N-dealkylation sites (tertiary alicyclic amines) is 1. The van der Waals surface area contributed by atoms with E-state index in [4.69, 9.17) is 9.73 Å². The third-order valence-electron chi connectivity index (χ3n) is 6.43. The Balaban J connectivity index is 1.46. The minimum absolute atomic E-state index is 0.188. The van der Waals surface area contributed by atoms with Gasteiger partial charge in [-0.15, -0.1) is 0 Å². The number of fused-ring (bicyclic) bond motifs is 1. The SMILES string of the molecule is CCNC(=NCC(c1cnn(C)c1)N(C)C)N1CC2OCCN(Cc3ccccc3)C2C1. The molecule has 0 radical (unpaired) electrons. The average molecular weight is 440 g/mol. The molecule has 2 aliphatic heterocycles. The van der Waals surface area contributed by atoms with E-state index in [0.29, 0.717) is 12.6 Å². The number of aryl methyl sites for hydroxylation is 1. The Labute approximate surface area is 191 Å². The summed E-state index contributed by atoms with van der Waals surface area (Å²) in [6.07, 6.45) is 4.24. The average Bonchev–Trinajstić information content (AvgIpc) is 3.41. The number of benzene rings is 1. The van der Waals surface area contributed by atoms with Gasteiger partial charge < -0.3 is 19.9 Å². The van der Waals surface area contributed by atoms with Crippen LogP contribution in [-0.2, 0) is 18.3 Å². The highest BCUT2D eigenvalue weighted by Gasteiger charge is 2.41. The molecule has 1 aromatic carbocycles. The molecule has 3 atom stereocenters. The minimum Gasteiger partial charge on any atom is -0.373 e. The second kappa shape index (κ2) is 10.5. The molecule has 2 saturated heterocycles. The summed E-state index contributed by atoms with van der Waals surface area (Å²) in [5, 5.41) is 7.86. The number of likely N-dealkylation sites (N-methyl/N-ethyl adjacent to an activating group) is 1. The summed E-state index contributed by atoms with van der Waals surface area (Å²) in [4.78, 5) is 12.2. The number of hydrogen-bond donors (Lipinski definition) is 1. The molecule has 2 fully saturated rings. The van der Waals surface area contributed by atoms with Gasteiger partial charge in [0.25, 0.3) is 0 Å². The van der Waals surface area contributed by atoms with E-state index in [1.165, 1.54) is 11.1 Å². The molecule has 3 unspecified atom stereocenters. The number of aromatic nitrogens is 2. The third-order valence-corrected chi connectivity index (χ3v) is 6.43. The zero-order valence-corrected chi connectivity index (χ0v) is 19.8. The summed E-state index contributed by atoms with van der Waals surface area (Å²) in [5.74, 6) is 0.973. The highest BCUT2D eigenvalue weighted by molar-refractivity contribution is 5.80. The van der Waals surface area contributed by atoms with Gasteiger partial charge >= 0.3 is 0 Å². The van der Waals surface area contributed by atoms with Crippen LogP contribution in [0.5, 0.6) is 0 Å². The van der Waals surface area contributed by atoms with E-state index >= 15 is 0 Å². The van der Waals surface area contributed by atoms with Gasteiger partial charge in [-0.25, -0.2) is 0 Å². The topological polar surface area (TPSA) is 61.2 Å². The number of rotatable bonds is 7. The van der Waals surface area contributed by atoms with Gasteiger partial charge in [-0.2, -0.15) is 5.10 Å². The molecule has 174 valence electrons. The van der Waals surface area contributed by atoms with Crippen LogP contribution in [0.1, 0.15) is 24.1 Å². The van der Waals surface area contributed by atoms with Crippen LogP contribution >= 0.6 is 0 Å². The van der Waals surface area contributed by atoms with Crippen LogP contribution in [0.25, 0.3) is 0 Å². The maximum atomic E-state index is 6.18. The van der Waals surface area contributed by atoms with Gasteiger partial charge in [0.05, 0.1) is 37.5 Å². The van der Waals surface area contributed by atoms with Crippen molar-refractivity contribution in [1.29, 1.82) is 0 Å². The van der Waals surface area contributed by atoms with Crippen LogP contribution < -0.4 is 5.32 Å². The van der Waals surface area contributed by atoms with Crippen molar-refractivity contribution in [3.05, 3.63) is 53.9 Å². The van der Waals surface area contributed by atoms with Crippen molar-refractivity contribution in [2.24, 2.45) is 12.0 Å². The highest BCUT2D eigenvalue weighted by atomic mass is 16.5. The molecule has 2 aliphatic rings. The first-order valence-electron chi connectivity index (χ1n) is 11.6. The number of guanidine groups is 1. The van der Waals surface area contributed by atoms with E-state index in [-0.39, 0.29) is 12.1 Å². The predicted molar refractivity (Wildman–Crippen MR) is 128 cm³/mol. The molecule has 0 saturated carbocycles. The van der Waals surface area contributed by atoms with E-state index in [2.05, 4.69) is 82.7 Å². The molecule has 8 heteroatoms. The van der Waals surface area contributed by atoms with Gasteiger partial charge in [0, 0.05) is 51.5 Å². The normalized spacial score (nSPS) is 22.9. The molecular formula is C24H37N7O. The second-order valence-corrected chi connectivity index (χ2v) is 8.96. The summed E-state index contributed by atoms with van der Waals surface area (Å²) in [6, 6.07) is 11.3. The molecule has 32 heavy (non-hydrogen) atoms. The summed E-state index contributed by atoms with van der Waals surface area (Å²) in [6.45, 7) is 8.20. The predicted octanol–water partition coefficient (Wildman–Crippen LogP) is 1.57. The van der Waals surface area contributed by atoms with Crippen molar-refractivity contribution in [3.8, 4) is 0 Å². The lowest BCUT2D eigenvalue weighted by Crippen LogP contribution is -2.50. The Hall–Kier alpha value is -2.42. The third kappa shape index (κ3) is 5.31. The van der Waals surface area contributed by atoms with E-state index < -0.39 is 0 Å². The maximum absolute atomic E-state index is 6.18. The molecule has 2 aromatic rings. The van der Waals surface area contributed by atoms with Crippen LogP contribution in [0.4, 0.5) is 0 Å². The fourth-order valence-corrected chi connectivity index (χ4v) is 4.72. The molecule has 0 spiro atoms. The summed E-state index contributed by atoms with van der Waals surface area (Å²) >= 11 is 0. The first-order chi connectivity index (χ1) is 15.5. The first kappa shape index (κ1) is 22.8. The van der Waals surface area contributed by atoms with Crippen molar-refractivity contribution in [3.63, 3.8) is 0 Å². The standard InChI is InChI=1S/C24H37N7O/c1-5-25-24(26-14-21(28(2)3)20-13-27-29(4)16-20)31-17-22-23(18-31)32-12-11-30(22)15-19-9-7-6-8-10-19/h6-10,13,16,21-23H,5,11-12,14-15,17-18H2,1-4H3,(H,25,26). The van der Waals surface area contributed by atoms with Crippen molar-refractivity contribution in [1.82, 2.24) is 29.8 Å². The zero-order valence-electron chi connectivity index (χ0n) is 19.8. The summed E-state index contributed by atoms with van der Waals surface area (Å²) < 4.78 is 8.03. The minimum atomic E-state index is 0.188. The van der Waals surface area contributed by atoms with Crippen LogP contribution in [-0.4, -0.2) is 96.0 Å². The van der Waals surface area contributed by atoms with E-state index in [0.717, 1.165) is 45.3 Å². The highest BCUT2D eigenvalue weighted by Crippen LogP contribution is 2.25. The van der Waals surface area contributed by atoms with Crippen LogP contribution in [0, 0.1) is 0 Å². The number of nitrogens with zero attached hydrogens (tertiary/aromatic N) is 6. The van der Waals surface area contributed by atoms with Gasteiger partial charge in [-0.05, 0) is 26.6 Å². The molecule has 0 amide bonds. The fourth-order valence-electron chi connectivity index (χ4n) is 4.72. The van der Waals surface area contributed by atoms with Crippen LogP contribution in [0.2, 0.25) is 0 Å². The molecule has 1 N–H and O–H groups in total. The van der Waals surface area contributed by atoms with E-state index in [9.17, 15) is 0 Å². The Kier molecular flexibility index (Phi) is 7.44. The number of nitrogens with one attached hydrogen (secondary N) is 1. The second-order valence-electron chi connectivity index (χ2n) is 8.96. The van der Waals surface area contributed by atoms with Gasteiger partial charge in [-0.3, -0.25) is 14.6 Å². The summed E-state index contributed by atoms with van der Waals surface area (Å²) in [5.41, 5.74) is 2.54. The van der Waals surface area contributed by atoms with Gasteiger partial charge in [-0.1, -0.05) is 30.3 Å². The van der Waals surface area contributed by atoms with Crippen molar-refractivity contribution < 1.29 is 4.74 Å². The molecular weight excluding hydrogens is 402 g/mol. The lowest BCUT2D eigenvalue weighted by molar-refractivity contribution is -0.0502. The lowest BCUT2D eigenvalue weighted by Gasteiger charge is -2.36. The lowest BCUT2D eigenvalue weighted by atomic mass is 10.1. The summed E-state index contributed by atoms with van der Waals surface area (Å²) in [7, 11) is 6.15. The molecule has 0 aliphatic carbocycles. The number of morpholine rings is 1. The Morgan fingerprint density at radius 2 is 2.09 bits per heavy atom. The molecule has 0 bridgehead atoms. The Morgan fingerprint density at radius 1 is 1.28 bits per heavy atom. The quantitative estimate of drug-likeness (QED) is 0.522. The van der Waals surface area contributed by atoms with Crippen LogP contribution in [0.3, 0.4) is 0 Å².